The predicted octanol–water partition coefficient (Wildman–Crippen LogP) is 2.44. The highest BCUT2D eigenvalue weighted by Crippen LogP contribution is 2.32. The van der Waals surface area contributed by atoms with Gasteiger partial charge in [-0.2, -0.15) is 0 Å². The highest BCUT2D eigenvalue weighted by atomic mass is 32.1. The highest BCUT2D eigenvalue weighted by molar-refractivity contribution is 7.71. The second-order valence-electron chi connectivity index (χ2n) is 6.43. The van der Waals surface area contributed by atoms with E-state index >= 15 is 0 Å². The van der Waals surface area contributed by atoms with E-state index < -0.39 is 0 Å². The fourth-order valence-corrected chi connectivity index (χ4v) is 3.98. The molecule has 0 radical (unpaired) electrons. The van der Waals surface area contributed by atoms with Crippen LogP contribution in [0, 0.1) is 10.7 Å². The lowest BCUT2D eigenvalue weighted by atomic mass is 10.1. The number of hydrogen-bond acceptors (Lipinski definition) is 4. The zero-order chi connectivity index (χ0) is 14.1. The smallest absolute Gasteiger partial charge is 0.225 e. The van der Waals surface area contributed by atoms with E-state index in [1.807, 2.05) is 0 Å². The van der Waals surface area contributed by atoms with Gasteiger partial charge in [0.1, 0.15) is 0 Å². The van der Waals surface area contributed by atoms with Gasteiger partial charge in [-0.3, -0.25) is 4.57 Å². The molecule has 0 aromatic carbocycles. The molecule has 1 aromatic heterocycles. The van der Waals surface area contributed by atoms with Gasteiger partial charge in [-0.15, -0.1) is 5.10 Å². The molecule has 0 amide bonds. The van der Waals surface area contributed by atoms with E-state index in [1.54, 1.807) is 0 Å². The van der Waals surface area contributed by atoms with Crippen LogP contribution < -0.4 is 4.90 Å². The largest absolute Gasteiger partial charge is 0.344 e. The molecule has 0 spiro atoms. The third-order valence-electron chi connectivity index (χ3n) is 4.74. The van der Waals surface area contributed by atoms with Gasteiger partial charge in [0.05, 0.1) is 0 Å². The summed E-state index contributed by atoms with van der Waals surface area (Å²) in [5.41, 5.74) is 0. The molecule has 2 heterocycles. The number of nitrogens with one attached hydrogen (secondary N) is 1. The second kappa shape index (κ2) is 5.85. The number of hydrogen-bond donors (Lipinski definition) is 1. The minimum absolute atomic E-state index is 0.546. The Hall–Kier alpha value is -0.880. The quantitative estimate of drug-likeness (QED) is 0.866. The molecule has 1 saturated carbocycles. The van der Waals surface area contributed by atoms with Gasteiger partial charge < -0.3 is 9.80 Å². The molecule has 1 aliphatic carbocycles. The Morgan fingerprint density at radius 2 is 2.10 bits per heavy atom. The van der Waals surface area contributed by atoms with Crippen LogP contribution in [0.4, 0.5) is 5.95 Å². The van der Waals surface area contributed by atoms with Crippen molar-refractivity contribution in [3.8, 4) is 0 Å². The fourth-order valence-electron chi connectivity index (χ4n) is 3.70. The Bertz CT molecular complexity index is 502. The first-order chi connectivity index (χ1) is 9.65. The maximum absolute atomic E-state index is 5.44. The average Bonchev–Trinajstić information content (AvgIpc) is 3.10. The van der Waals surface area contributed by atoms with Crippen molar-refractivity contribution >= 4 is 18.2 Å². The molecule has 1 N–H and O–H groups in total. The molecular weight excluding hydrogens is 270 g/mol. The Labute approximate surface area is 126 Å². The Morgan fingerprint density at radius 1 is 1.35 bits per heavy atom. The van der Waals surface area contributed by atoms with Crippen LogP contribution in [0.25, 0.3) is 0 Å². The standard InChI is InChI=1S/C14H25N5S/c1-17-8-7-11(9-17)10-18(2)13-15-16-14(20)19(13)12-5-3-4-6-12/h11-12H,3-10H2,1-2H3,(H,16,20). The minimum atomic E-state index is 0.546. The first kappa shape index (κ1) is 14.1. The monoisotopic (exact) mass is 295 g/mol. The van der Waals surface area contributed by atoms with Gasteiger partial charge >= 0.3 is 0 Å². The maximum atomic E-state index is 5.44. The maximum Gasteiger partial charge on any atom is 0.225 e. The average molecular weight is 295 g/mol. The van der Waals surface area contributed by atoms with Crippen molar-refractivity contribution in [1.82, 2.24) is 19.7 Å². The molecule has 1 saturated heterocycles. The SMILES string of the molecule is CN1CCC(CN(C)c2n[nH]c(=S)n2C2CCCC2)C1. The van der Waals surface area contributed by atoms with Gasteiger partial charge in [-0.05, 0) is 51.0 Å². The number of likely N-dealkylation sites (tertiary alicyclic amines) is 1. The van der Waals surface area contributed by atoms with E-state index in [0.29, 0.717) is 6.04 Å². The van der Waals surface area contributed by atoms with Crippen LogP contribution in [0.1, 0.15) is 38.1 Å². The third kappa shape index (κ3) is 2.76. The van der Waals surface area contributed by atoms with Crippen LogP contribution in [0.3, 0.4) is 0 Å². The van der Waals surface area contributed by atoms with Crippen LogP contribution >= 0.6 is 12.2 Å². The number of nitrogens with zero attached hydrogens (tertiary/aromatic N) is 4. The molecule has 1 unspecified atom stereocenters. The summed E-state index contributed by atoms with van der Waals surface area (Å²) < 4.78 is 3.03. The van der Waals surface area contributed by atoms with E-state index in [2.05, 4.69) is 38.7 Å². The summed E-state index contributed by atoms with van der Waals surface area (Å²) in [6, 6.07) is 0.546. The molecule has 112 valence electrons. The molecule has 1 aliphatic heterocycles. The van der Waals surface area contributed by atoms with Crippen molar-refractivity contribution in [2.24, 2.45) is 5.92 Å². The first-order valence-electron chi connectivity index (χ1n) is 7.71. The zero-order valence-corrected chi connectivity index (χ0v) is 13.3. The van der Waals surface area contributed by atoms with Gasteiger partial charge in [-0.25, -0.2) is 5.10 Å². The molecule has 2 aliphatic rings. The summed E-state index contributed by atoms with van der Waals surface area (Å²) in [6.07, 6.45) is 6.39. The summed E-state index contributed by atoms with van der Waals surface area (Å²) >= 11 is 5.44. The fraction of sp³-hybridized carbons (Fsp3) is 0.857. The summed E-state index contributed by atoms with van der Waals surface area (Å²) in [6.45, 7) is 3.48. The summed E-state index contributed by atoms with van der Waals surface area (Å²) in [5.74, 6) is 1.77. The number of aromatic nitrogens is 3. The molecular formula is C14H25N5S. The van der Waals surface area contributed by atoms with Gasteiger partial charge in [0.15, 0.2) is 4.77 Å². The van der Waals surface area contributed by atoms with Crippen LogP contribution in [-0.2, 0) is 0 Å². The van der Waals surface area contributed by atoms with Gasteiger partial charge in [0, 0.05) is 26.2 Å². The molecule has 6 heteroatoms. The Kier molecular flexibility index (Phi) is 4.12. The van der Waals surface area contributed by atoms with Gasteiger partial charge in [-0.1, -0.05) is 12.8 Å². The van der Waals surface area contributed by atoms with E-state index in [0.717, 1.165) is 23.2 Å². The normalized spacial score (nSPS) is 24.6. The van der Waals surface area contributed by atoms with Gasteiger partial charge in [0.25, 0.3) is 0 Å². The number of rotatable bonds is 4. The topological polar surface area (TPSA) is 40.1 Å². The van der Waals surface area contributed by atoms with Crippen molar-refractivity contribution in [2.45, 2.75) is 38.1 Å². The molecule has 1 atom stereocenters. The molecule has 1 aromatic rings. The lowest BCUT2D eigenvalue weighted by molar-refractivity contribution is 0.394. The van der Waals surface area contributed by atoms with Crippen molar-refractivity contribution in [1.29, 1.82) is 0 Å². The van der Waals surface area contributed by atoms with E-state index in [-0.39, 0.29) is 0 Å². The summed E-state index contributed by atoms with van der Waals surface area (Å²) in [7, 11) is 4.35. The third-order valence-corrected chi connectivity index (χ3v) is 5.03. The summed E-state index contributed by atoms with van der Waals surface area (Å²) in [5, 5.41) is 7.47. The molecule has 3 rings (SSSR count). The lowest BCUT2D eigenvalue weighted by Crippen LogP contribution is -2.30. The Balaban J connectivity index is 1.74. The minimum Gasteiger partial charge on any atom is -0.344 e. The van der Waals surface area contributed by atoms with Crippen LogP contribution in [-0.4, -0.2) is 53.4 Å². The molecule has 2 fully saturated rings. The van der Waals surface area contributed by atoms with Crippen LogP contribution in [0.5, 0.6) is 0 Å². The highest BCUT2D eigenvalue weighted by Gasteiger charge is 2.25. The predicted molar refractivity (Wildman–Crippen MR) is 83.8 cm³/mol. The van der Waals surface area contributed by atoms with Gasteiger partial charge in [0.2, 0.25) is 5.95 Å². The lowest BCUT2D eigenvalue weighted by Gasteiger charge is -2.24. The second-order valence-corrected chi connectivity index (χ2v) is 6.82. The zero-order valence-electron chi connectivity index (χ0n) is 12.5. The Morgan fingerprint density at radius 3 is 2.75 bits per heavy atom. The number of anilines is 1. The number of aromatic amines is 1. The number of H-pyrrole nitrogens is 1. The van der Waals surface area contributed by atoms with Crippen molar-refractivity contribution in [3.05, 3.63) is 4.77 Å². The first-order valence-corrected chi connectivity index (χ1v) is 8.12. The van der Waals surface area contributed by atoms with Crippen LogP contribution in [0.2, 0.25) is 0 Å². The molecule has 5 nitrogen and oxygen atoms in total. The van der Waals surface area contributed by atoms with Crippen molar-refractivity contribution in [3.63, 3.8) is 0 Å². The van der Waals surface area contributed by atoms with Crippen molar-refractivity contribution in [2.75, 3.05) is 38.6 Å². The van der Waals surface area contributed by atoms with Crippen molar-refractivity contribution < 1.29 is 0 Å². The van der Waals surface area contributed by atoms with E-state index in [9.17, 15) is 0 Å². The summed E-state index contributed by atoms with van der Waals surface area (Å²) in [4.78, 5) is 4.70. The molecule has 20 heavy (non-hydrogen) atoms. The van der Waals surface area contributed by atoms with E-state index in [1.165, 1.54) is 45.2 Å². The van der Waals surface area contributed by atoms with Crippen LogP contribution in [0.15, 0.2) is 0 Å². The molecule has 0 bridgehead atoms. The van der Waals surface area contributed by atoms with E-state index in [4.69, 9.17) is 12.2 Å².